The molecule has 0 atom stereocenters. The van der Waals surface area contributed by atoms with E-state index >= 15 is 0 Å². The molecule has 2 nitrogen and oxygen atoms in total. The third-order valence-corrected chi connectivity index (χ3v) is 3.73. The molecule has 0 unspecified atom stereocenters. The summed E-state index contributed by atoms with van der Waals surface area (Å²) in [4.78, 5) is 0. The van der Waals surface area contributed by atoms with Crippen LogP contribution in [0.5, 0.6) is 11.5 Å². The highest BCUT2D eigenvalue weighted by molar-refractivity contribution is 9.08. The molecule has 0 aliphatic rings. The molecule has 0 saturated heterocycles. The van der Waals surface area contributed by atoms with Crippen molar-refractivity contribution in [3.05, 3.63) is 46.2 Å². The number of hydrogen-bond donors (Lipinski definition) is 0. The number of halogens is 1. The molecule has 0 fully saturated rings. The van der Waals surface area contributed by atoms with E-state index in [-0.39, 0.29) is 0 Å². The molecule has 0 N–H and O–H groups in total. The Morgan fingerprint density at radius 2 is 2.18 bits per heavy atom. The van der Waals surface area contributed by atoms with Crippen LogP contribution >= 0.6 is 27.3 Å². The number of methoxy groups -OCH3 is 1. The summed E-state index contributed by atoms with van der Waals surface area (Å²) in [5.74, 6) is 1.68. The summed E-state index contributed by atoms with van der Waals surface area (Å²) in [5.41, 5.74) is 2.32. The summed E-state index contributed by atoms with van der Waals surface area (Å²) in [5, 5.41) is 4.92. The highest BCUT2D eigenvalue weighted by Crippen LogP contribution is 2.27. The van der Waals surface area contributed by atoms with Gasteiger partial charge in [0.15, 0.2) is 0 Å². The molecule has 1 heterocycles. The van der Waals surface area contributed by atoms with Gasteiger partial charge in [-0.2, -0.15) is 11.3 Å². The van der Waals surface area contributed by atoms with Gasteiger partial charge < -0.3 is 9.47 Å². The molecule has 2 aromatic rings. The van der Waals surface area contributed by atoms with E-state index in [1.807, 2.05) is 18.2 Å². The van der Waals surface area contributed by atoms with Gasteiger partial charge >= 0.3 is 0 Å². The average molecular weight is 313 g/mol. The summed E-state index contributed by atoms with van der Waals surface area (Å²) >= 11 is 5.13. The third-order valence-electron chi connectivity index (χ3n) is 2.39. The lowest BCUT2D eigenvalue weighted by Crippen LogP contribution is -1.97. The van der Waals surface area contributed by atoms with Crippen molar-refractivity contribution in [3.63, 3.8) is 0 Å². The van der Waals surface area contributed by atoms with Gasteiger partial charge in [-0.3, -0.25) is 0 Å². The smallest absolute Gasteiger partial charge is 0.127 e. The van der Waals surface area contributed by atoms with Crippen LogP contribution in [-0.2, 0) is 11.9 Å². The molecule has 0 spiro atoms. The van der Waals surface area contributed by atoms with Crippen LogP contribution in [0.4, 0.5) is 0 Å². The van der Waals surface area contributed by atoms with Gasteiger partial charge in [-0.25, -0.2) is 0 Å². The monoisotopic (exact) mass is 312 g/mol. The Kier molecular flexibility index (Phi) is 4.45. The predicted molar refractivity (Wildman–Crippen MR) is 74.3 cm³/mol. The lowest BCUT2D eigenvalue weighted by Gasteiger charge is -2.11. The highest BCUT2D eigenvalue weighted by Gasteiger charge is 2.05. The van der Waals surface area contributed by atoms with Crippen molar-refractivity contribution < 1.29 is 9.47 Å². The van der Waals surface area contributed by atoms with Crippen molar-refractivity contribution in [2.24, 2.45) is 0 Å². The Bertz CT molecular complexity index is 468. The number of benzene rings is 1. The van der Waals surface area contributed by atoms with Gasteiger partial charge in [0, 0.05) is 17.0 Å². The fourth-order valence-electron chi connectivity index (χ4n) is 1.44. The zero-order chi connectivity index (χ0) is 12.1. The number of ether oxygens (including phenoxy) is 2. The molecule has 0 bridgehead atoms. The fourth-order valence-corrected chi connectivity index (χ4v) is 2.56. The normalized spacial score (nSPS) is 10.2. The highest BCUT2D eigenvalue weighted by atomic mass is 79.9. The Hall–Kier alpha value is -1.00. The molecular weight excluding hydrogens is 300 g/mol. The standard InChI is InChI=1S/C13H13BrO2S/c1-15-12-3-2-11(7-14)13(6-12)16-8-10-4-5-17-9-10/h2-6,9H,7-8H2,1H3. The van der Waals surface area contributed by atoms with E-state index < -0.39 is 0 Å². The number of hydrogen-bond acceptors (Lipinski definition) is 3. The van der Waals surface area contributed by atoms with Crippen LogP contribution in [0, 0.1) is 0 Å². The predicted octanol–water partition coefficient (Wildman–Crippen LogP) is 4.23. The maximum atomic E-state index is 5.81. The minimum atomic E-state index is 0.594. The average Bonchev–Trinajstić information content (AvgIpc) is 2.89. The first-order valence-electron chi connectivity index (χ1n) is 5.20. The van der Waals surface area contributed by atoms with E-state index in [9.17, 15) is 0 Å². The largest absolute Gasteiger partial charge is 0.497 e. The van der Waals surface area contributed by atoms with E-state index in [1.165, 1.54) is 5.56 Å². The maximum Gasteiger partial charge on any atom is 0.127 e. The van der Waals surface area contributed by atoms with Crippen LogP contribution in [0.25, 0.3) is 0 Å². The van der Waals surface area contributed by atoms with Crippen LogP contribution in [0.15, 0.2) is 35.0 Å². The fraction of sp³-hybridized carbons (Fsp3) is 0.231. The summed E-state index contributed by atoms with van der Waals surface area (Å²) < 4.78 is 11.0. The minimum Gasteiger partial charge on any atom is -0.497 e. The minimum absolute atomic E-state index is 0.594. The molecule has 0 aliphatic carbocycles. The second kappa shape index (κ2) is 6.07. The Balaban J connectivity index is 2.12. The molecule has 1 aromatic carbocycles. The molecule has 17 heavy (non-hydrogen) atoms. The van der Waals surface area contributed by atoms with Gasteiger partial charge in [0.1, 0.15) is 18.1 Å². The first-order valence-corrected chi connectivity index (χ1v) is 7.26. The molecule has 0 aliphatic heterocycles. The molecule has 0 radical (unpaired) electrons. The van der Waals surface area contributed by atoms with Gasteiger partial charge in [0.2, 0.25) is 0 Å². The molecular formula is C13H13BrO2S. The summed E-state index contributed by atoms with van der Waals surface area (Å²) in [6.07, 6.45) is 0. The van der Waals surface area contributed by atoms with Crippen molar-refractivity contribution in [1.82, 2.24) is 0 Å². The Morgan fingerprint density at radius 1 is 1.29 bits per heavy atom. The second-order valence-corrected chi connectivity index (χ2v) is 4.87. The lowest BCUT2D eigenvalue weighted by molar-refractivity contribution is 0.302. The van der Waals surface area contributed by atoms with E-state index in [1.54, 1.807) is 18.4 Å². The van der Waals surface area contributed by atoms with Gasteiger partial charge in [-0.05, 0) is 28.5 Å². The van der Waals surface area contributed by atoms with Crippen molar-refractivity contribution in [3.8, 4) is 11.5 Å². The van der Waals surface area contributed by atoms with E-state index in [2.05, 4.69) is 32.8 Å². The molecule has 0 amide bonds. The Morgan fingerprint density at radius 3 is 2.82 bits per heavy atom. The van der Waals surface area contributed by atoms with E-state index in [0.717, 1.165) is 22.4 Å². The van der Waals surface area contributed by atoms with Crippen LogP contribution < -0.4 is 9.47 Å². The number of rotatable bonds is 5. The van der Waals surface area contributed by atoms with Crippen LogP contribution in [0.2, 0.25) is 0 Å². The second-order valence-electron chi connectivity index (χ2n) is 3.53. The first-order chi connectivity index (χ1) is 8.33. The van der Waals surface area contributed by atoms with Crippen molar-refractivity contribution in [2.75, 3.05) is 7.11 Å². The molecule has 1 aromatic heterocycles. The number of alkyl halides is 1. The van der Waals surface area contributed by atoms with Crippen LogP contribution in [0.3, 0.4) is 0 Å². The van der Waals surface area contributed by atoms with Crippen molar-refractivity contribution in [1.29, 1.82) is 0 Å². The van der Waals surface area contributed by atoms with Gasteiger partial charge in [-0.1, -0.05) is 22.0 Å². The van der Waals surface area contributed by atoms with E-state index in [4.69, 9.17) is 9.47 Å². The third kappa shape index (κ3) is 3.23. The summed E-state index contributed by atoms with van der Waals surface area (Å²) in [7, 11) is 1.66. The zero-order valence-electron chi connectivity index (χ0n) is 9.48. The molecule has 90 valence electrons. The van der Waals surface area contributed by atoms with Crippen molar-refractivity contribution >= 4 is 27.3 Å². The lowest BCUT2D eigenvalue weighted by atomic mass is 10.2. The van der Waals surface area contributed by atoms with Crippen LogP contribution in [-0.4, -0.2) is 7.11 Å². The van der Waals surface area contributed by atoms with Gasteiger partial charge in [0.05, 0.1) is 7.11 Å². The topological polar surface area (TPSA) is 18.5 Å². The quantitative estimate of drug-likeness (QED) is 0.769. The van der Waals surface area contributed by atoms with E-state index in [0.29, 0.717) is 6.61 Å². The zero-order valence-corrected chi connectivity index (χ0v) is 11.9. The molecule has 0 saturated carbocycles. The first kappa shape index (κ1) is 12.5. The molecule has 4 heteroatoms. The SMILES string of the molecule is COc1ccc(CBr)c(OCc2ccsc2)c1. The Labute approximate surface area is 113 Å². The summed E-state index contributed by atoms with van der Waals surface area (Å²) in [6, 6.07) is 7.94. The molecule has 2 rings (SSSR count). The van der Waals surface area contributed by atoms with Gasteiger partial charge in [0.25, 0.3) is 0 Å². The van der Waals surface area contributed by atoms with Crippen molar-refractivity contribution in [2.45, 2.75) is 11.9 Å². The maximum absolute atomic E-state index is 5.81. The van der Waals surface area contributed by atoms with Crippen LogP contribution in [0.1, 0.15) is 11.1 Å². The van der Waals surface area contributed by atoms with Gasteiger partial charge in [-0.15, -0.1) is 0 Å². The number of thiophene rings is 1. The summed E-state index contributed by atoms with van der Waals surface area (Å²) in [6.45, 7) is 0.594.